The van der Waals surface area contributed by atoms with Crippen LogP contribution in [0.2, 0.25) is 0 Å². The maximum Gasteiger partial charge on any atom is 0.224 e. The zero-order valence-electron chi connectivity index (χ0n) is 9.17. The van der Waals surface area contributed by atoms with Crippen LogP contribution in [0.15, 0.2) is 24.3 Å². The highest BCUT2D eigenvalue weighted by atomic mass is 79.9. The molecular weight excluding hydrogens is 273 g/mol. The van der Waals surface area contributed by atoms with E-state index in [0.29, 0.717) is 17.8 Å². The fourth-order valence-corrected chi connectivity index (χ4v) is 1.38. The summed E-state index contributed by atoms with van der Waals surface area (Å²) in [5.41, 5.74) is 0.821. The molecule has 0 radical (unpaired) electrons. The normalized spacial score (nSPS) is 12.2. The number of alkyl halides is 1. The van der Waals surface area contributed by atoms with Crippen LogP contribution in [0, 0.1) is 5.82 Å². The number of carbonyl (C=O) groups excluding carboxylic acids is 1. The summed E-state index contributed by atoms with van der Waals surface area (Å²) < 4.78 is 12.6. The fraction of sp³-hybridized carbons (Fsp3) is 0.417. The van der Waals surface area contributed by atoms with Gasteiger partial charge in [-0.25, -0.2) is 4.39 Å². The molecule has 1 rings (SSSR count). The third kappa shape index (κ3) is 4.75. The highest BCUT2D eigenvalue weighted by molar-refractivity contribution is 9.09. The van der Waals surface area contributed by atoms with Gasteiger partial charge in [0.25, 0.3) is 0 Å². The lowest BCUT2D eigenvalue weighted by Crippen LogP contribution is -2.30. The fourth-order valence-electron chi connectivity index (χ4n) is 1.22. The highest BCUT2D eigenvalue weighted by Gasteiger charge is 2.06. The van der Waals surface area contributed by atoms with Gasteiger partial charge in [-0.2, -0.15) is 0 Å². The third-order valence-corrected chi connectivity index (χ3v) is 3.21. The molecule has 0 heterocycles. The first-order valence-corrected chi connectivity index (χ1v) is 6.18. The molecule has 1 unspecified atom stereocenters. The van der Waals surface area contributed by atoms with Crippen LogP contribution in [-0.2, 0) is 11.2 Å². The molecule has 1 aromatic carbocycles. The minimum atomic E-state index is -0.282. The molecule has 0 aliphatic carbocycles. The van der Waals surface area contributed by atoms with E-state index in [1.54, 1.807) is 12.1 Å². The molecule has 0 fully saturated rings. The number of rotatable bonds is 5. The molecule has 0 aliphatic heterocycles. The van der Waals surface area contributed by atoms with Crippen LogP contribution in [0.3, 0.4) is 0 Å². The van der Waals surface area contributed by atoms with Gasteiger partial charge in [0.2, 0.25) is 5.91 Å². The number of carbonyl (C=O) groups is 1. The summed E-state index contributed by atoms with van der Waals surface area (Å²) in [6, 6.07) is 5.98. The number of amides is 1. The third-order valence-electron chi connectivity index (χ3n) is 2.24. The largest absolute Gasteiger partial charge is 0.355 e. The number of halogens is 2. The Bertz CT molecular complexity index is 339. The summed E-state index contributed by atoms with van der Waals surface area (Å²) in [6.07, 6.45) is 1.26. The lowest BCUT2D eigenvalue weighted by molar-refractivity contribution is -0.120. The average Bonchev–Trinajstić information content (AvgIpc) is 2.29. The standard InChI is InChI=1S/C12H15BrFNO/c1-2-10(13)8-15-12(16)7-9-3-5-11(14)6-4-9/h3-6,10H,2,7-8H2,1H3,(H,15,16). The van der Waals surface area contributed by atoms with E-state index >= 15 is 0 Å². The van der Waals surface area contributed by atoms with Gasteiger partial charge in [0.15, 0.2) is 0 Å². The maximum atomic E-state index is 12.6. The minimum absolute atomic E-state index is 0.0375. The topological polar surface area (TPSA) is 29.1 Å². The van der Waals surface area contributed by atoms with Gasteiger partial charge in [0.1, 0.15) is 5.82 Å². The van der Waals surface area contributed by atoms with Crippen molar-refractivity contribution < 1.29 is 9.18 Å². The Morgan fingerprint density at radius 3 is 2.62 bits per heavy atom. The molecule has 1 atom stereocenters. The molecule has 0 aromatic heterocycles. The highest BCUT2D eigenvalue weighted by Crippen LogP contribution is 2.04. The Hall–Kier alpha value is -0.900. The Labute approximate surface area is 103 Å². The molecule has 88 valence electrons. The molecule has 0 bridgehead atoms. The summed E-state index contributed by atoms with van der Waals surface area (Å²) in [7, 11) is 0. The van der Waals surface area contributed by atoms with Crippen LogP contribution in [0.1, 0.15) is 18.9 Å². The first kappa shape index (κ1) is 13.2. The summed E-state index contributed by atoms with van der Waals surface area (Å²) in [5.74, 6) is -0.319. The molecule has 16 heavy (non-hydrogen) atoms. The van der Waals surface area contributed by atoms with Crippen LogP contribution in [-0.4, -0.2) is 17.3 Å². The van der Waals surface area contributed by atoms with Crippen LogP contribution in [0.5, 0.6) is 0 Å². The maximum absolute atomic E-state index is 12.6. The van der Waals surface area contributed by atoms with Crippen molar-refractivity contribution >= 4 is 21.8 Å². The van der Waals surface area contributed by atoms with Crippen molar-refractivity contribution in [2.24, 2.45) is 0 Å². The van der Waals surface area contributed by atoms with Gasteiger partial charge in [-0.1, -0.05) is 35.0 Å². The van der Waals surface area contributed by atoms with Gasteiger partial charge >= 0.3 is 0 Å². The second-order valence-corrected chi connectivity index (χ2v) is 4.91. The van der Waals surface area contributed by atoms with Gasteiger partial charge < -0.3 is 5.32 Å². The molecule has 0 saturated carbocycles. The molecule has 1 aromatic rings. The van der Waals surface area contributed by atoms with E-state index in [9.17, 15) is 9.18 Å². The summed E-state index contributed by atoms with van der Waals surface area (Å²) >= 11 is 3.44. The van der Waals surface area contributed by atoms with E-state index in [1.165, 1.54) is 12.1 Å². The van der Waals surface area contributed by atoms with Gasteiger partial charge in [-0.05, 0) is 24.1 Å². The predicted octanol–water partition coefficient (Wildman–Crippen LogP) is 2.66. The van der Waals surface area contributed by atoms with E-state index < -0.39 is 0 Å². The van der Waals surface area contributed by atoms with Crippen molar-refractivity contribution in [3.05, 3.63) is 35.6 Å². The van der Waals surface area contributed by atoms with Crippen molar-refractivity contribution in [3.8, 4) is 0 Å². The second-order valence-electron chi connectivity index (χ2n) is 3.61. The lowest BCUT2D eigenvalue weighted by Gasteiger charge is -2.08. The molecule has 0 aliphatic rings. The minimum Gasteiger partial charge on any atom is -0.355 e. The summed E-state index contributed by atoms with van der Waals surface area (Å²) in [4.78, 5) is 11.8. The molecule has 1 amide bonds. The van der Waals surface area contributed by atoms with Crippen LogP contribution in [0.4, 0.5) is 4.39 Å². The van der Waals surface area contributed by atoms with Crippen molar-refractivity contribution in [1.29, 1.82) is 0 Å². The Balaban J connectivity index is 2.37. The van der Waals surface area contributed by atoms with E-state index in [2.05, 4.69) is 21.2 Å². The van der Waals surface area contributed by atoms with Crippen LogP contribution in [0.25, 0.3) is 0 Å². The molecular formula is C12H15BrFNO. The zero-order chi connectivity index (χ0) is 12.0. The Morgan fingerprint density at radius 2 is 2.06 bits per heavy atom. The van der Waals surface area contributed by atoms with Crippen LogP contribution >= 0.6 is 15.9 Å². The van der Waals surface area contributed by atoms with Crippen molar-refractivity contribution in [2.75, 3.05) is 6.54 Å². The molecule has 2 nitrogen and oxygen atoms in total. The monoisotopic (exact) mass is 287 g/mol. The van der Waals surface area contributed by atoms with Crippen molar-refractivity contribution in [3.63, 3.8) is 0 Å². The first-order valence-electron chi connectivity index (χ1n) is 5.27. The molecule has 4 heteroatoms. The average molecular weight is 288 g/mol. The van der Waals surface area contributed by atoms with Gasteiger partial charge in [0.05, 0.1) is 6.42 Å². The SMILES string of the molecule is CCC(Br)CNC(=O)Cc1ccc(F)cc1. The molecule has 1 N–H and O–H groups in total. The van der Waals surface area contributed by atoms with E-state index in [1.807, 2.05) is 6.92 Å². The zero-order valence-corrected chi connectivity index (χ0v) is 10.8. The van der Waals surface area contributed by atoms with Crippen molar-refractivity contribution in [1.82, 2.24) is 5.32 Å². The second kappa shape index (κ2) is 6.63. The summed E-state index contributed by atoms with van der Waals surface area (Å²) in [5, 5.41) is 2.82. The van der Waals surface area contributed by atoms with Crippen molar-refractivity contribution in [2.45, 2.75) is 24.6 Å². The smallest absolute Gasteiger partial charge is 0.224 e. The predicted molar refractivity (Wildman–Crippen MR) is 66.1 cm³/mol. The summed E-state index contributed by atoms with van der Waals surface area (Å²) in [6.45, 7) is 2.67. The lowest BCUT2D eigenvalue weighted by atomic mass is 10.1. The van der Waals surface area contributed by atoms with E-state index in [0.717, 1.165) is 12.0 Å². The first-order chi connectivity index (χ1) is 7.61. The quantitative estimate of drug-likeness (QED) is 0.829. The Morgan fingerprint density at radius 1 is 1.44 bits per heavy atom. The number of hydrogen-bond acceptors (Lipinski definition) is 1. The number of benzene rings is 1. The molecule has 0 saturated heterocycles. The number of nitrogens with one attached hydrogen (secondary N) is 1. The molecule has 0 spiro atoms. The van der Waals surface area contributed by atoms with Gasteiger partial charge in [-0.3, -0.25) is 4.79 Å². The van der Waals surface area contributed by atoms with Gasteiger partial charge in [-0.15, -0.1) is 0 Å². The van der Waals surface area contributed by atoms with Gasteiger partial charge in [0, 0.05) is 11.4 Å². The van der Waals surface area contributed by atoms with E-state index in [4.69, 9.17) is 0 Å². The Kier molecular flexibility index (Phi) is 5.46. The number of hydrogen-bond donors (Lipinski definition) is 1. The van der Waals surface area contributed by atoms with Crippen LogP contribution < -0.4 is 5.32 Å². The van der Waals surface area contributed by atoms with E-state index in [-0.39, 0.29) is 11.7 Å².